The minimum Gasteiger partial charge on any atom is -0.508 e. The number of nitrogens with zero attached hydrogens (tertiary/aromatic N) is 1. The van der Waals surface area contributed by atoms with Gasteiger partial charge >= 0.3 is 5.97 Å². The molecule has 1 fully saturated rings. The molecule has 1 aromatic carbocycles. The van der Waals surface area contributed by atoms with Gasteiger partial charge in [0.1, 0.15) is 11.6 Å². The van der Waals surface area contributed by atoms with Crippen LogP contribution in [-0.4, -0.2) is 34.2 Å². The van der Waals surface area contributed by atoms with E-state index in [-0.39, 0.29) is 18.2 Å². The normalized spacial score (nSPS) is 21.0. The van der Waals surface area contributed by atoms with Crippen molar-refractivity contribution in [2.75, 3.05) is 13.1 Å². The monoisotopic (exact) mass is 281 g/mol. The van der Waals surface area contributed by atoms with Gasteiger partial charge in [0.05, 0.1) is 0 Å². The average molecular weight is 281 g/mol. The van der Waals surface area contributed by atoms with Gasteiger partial charge in [-0.3, -0.25) is 9.69 Å². The van der Waals surface area contributed by atoms with Crippen LogP contribution in [0.4, 0.5) is 4.39 Å². The predicted molar refractivity (Wildman–Crippen MR) is 73.0 cm³/mol. The molecule has 1 aliphatic rings. The largest absolute Gasteiger partial charge is 0.508 e. The van der Waals surface area contributed by atoms with E-state index in [1.807, 2.05) is 6.92 Å². The van der Waals surface area contributed by atoms with E-state index in [9.17, 15) is 14.3 Å². The first-order valence-electron chi connectivity index (χ1n) is 6.91. The third-order valence-electron chi connectivity index (χ3n) is 4.07. The van der Waals surface area contributed by atoms with E-state index in [2.05, 4.69) is 4.90 Å². The number of benzene rings is 1. The summed E-state index contributed by atoms with van der Waals surface area (Å²) >= 11 is 0. The van der Waals surface area contributed by atoms with Crippen LogP contribution >= 0.6 is 0 Å². The minimum absolute atomic E-state index is 0.00503. The van der Waals surface area contributed by atoms with Crippen molar-refractivity contribution in [1.82, 2.24) is 4.90 Å². The van der Waals surface area contributed by atoms with Gasteiger partial charge in [-0.25, -0.2) is 4.39 Å². The summed E-state index contributed by atoms with van der Waals surface area (Å²) in [5.41, 5.74) is 0.713. The molecule has 0 aliphatic carbocycles. The van der Waals surface area contributed by atoms with Gasteiger partial charge in [0.2, 0.25) is 0 Å². The van der Waals surface area contributed by atoms with Crippen LogP contribution in [0.2, 0.25) is 0 Å². The van der Waals surface area contributed by atoms with E-state index in [1.165, 1.54) is 6.07 Å². The van der Waals surface area contributed by atoms with Crippen LogP contribution in [0.15, 0.2) is 18.2 Å². The molecule has 1 saturated heterocycles. The van der Waals surface area contributed by atoms with Gasteiger partial charge in [0.25, 0.3) is 0 Å². The third-order valence-corrected chi connectivity index (χ3v) is 4.07. The quantitative estimate of drug-likeness (QED) is 0.871. The molecule has 1 aliphatic heterocycles. The molecule has 1 heterocycles. The maximum Gasteiger partial charge on any atom is 0.303 e. The molecule has 4 nitrogen and oxygen atoms in total. The lowest BCUT2D eigenvalue weighted by molar-refractivity contribution is -0.137. The first-order valence-corrected chi connectivity index (χ1v) is 6.91. The highest BCUT2D eigenvalue weighted by Crippen LogP contribution is 2.33. The number of rotatable bonds is 5. The van der Waals surface area contributed by atoms with Crippen molar-refractivity contribution in [2.45, 2.75) is 32.2 Å². The lowest BCUT2D eigenvalue weighted by atomic mass is 10.0. The first kappa shape index (κ1) is 14.8. The zero-order valence-corrected chi connectivity index (χ0v) is 11.6. The number of carboxylic acid groups (broad SMARTS) is 1. The van der Waals surface area contributed by atoms with Gasteiger partial charge in [0.15, 0.2) is 0 Å². The minimum atomic E-state index is -0.757. The van der Waals surface area contributed by atoms with E-state index in [4.69, 9.17) is 5.11 Å². The van der Waals surface area contributed by atoms with Crippen molar-refractivity contribution in [3.63, 3.8) is 0 Å². The van der Waals surface area contributed by atoms with Gasteiger partial charge in [-0.05, 0) is 38.3 Å². The lowest BCUT2D eigenvalue weighted by Gasteiger charge is -2.25. The molecule has 0 spiro atoms. The SMILES string of the molecule is CC(c1ccc(F)cc1O)N1CCC(CCC(=O)O)C1. The number of hydrogen-bond acceptors (Lipinski definition) is 3. The highest BCUT2D eigenvalue weighted by atomic mass is 19.1. The van der Waals surface area contributed by atoms with E-state index < -0.39 is 11.8 Å². The summed E-state index contributed by atoms with van der Waals surface area (Å²) in [5, 5.41) is 18.5. The molecule has 1 aromatic rings. The van der Waals surface area contributed by atoms with Crippen LogP contribution in [0, 0.1) is 11.7 Å². The van der Waals surface area contributed by atoms with Crippen molar-refractivity contribution >= 4 is 5.97 Å². The van der Waals surface area contributed by atoms with Gasteiger partial charge < -0.3 is 10.2 Å². The fourth-order valence-corrected chi connectivity index (χ4v) is 2.84. The topological polar surface area (TPSA) is 60.8 Å². The van der Waals surface area contributed by atoms with Crippen LogP contribution in [0.5, 0.6) is 5.75 Å². The van der Waals surface area contributed by atoms with Crippen molar-refractivity contribution in [3.05, 3.63) is 29.6 Å². The second kappa shape index (κ2) is 6.22. The van der Waals surface area contributed by atoms with Crippen molar-refractivity contribution in [2.24, 2.45) is 5.92 Å². The van der Waals surface area contributed by atoms with Crippen LogP contribution in [0.25, 0.3) is 0 Å². The number of phenols is 1. The van der Waals surface area contributed by atoms with E-state index in [0.29, 0.717) is 17.9 Å². The molecule has 2 rings (SSSR count). The Labute approximate surface area is 117 Å². The molecule has 0 amide bonds. The molecule has 2 atom stereocenters. The molecule has 2 unspecified atom stereocenters. The Morgan fingerprint density at radius 1 is 1.55 bits per heavy atom. The summed E-state index contributed by atoms with van der Waals surface area (Å²) in [6, 6.07) is 4.10. The second-order valence-electron chi connectivity index (χ2n) is 5.46. The number of carbonyl (C=O) groups is 1. The molecule has 2 N–H and O–H groups in total. The Hall–Kier alpha value is -1.62. The van der Waals surface area contributed by atoms with Crippen LogP contribution in [-0.2, 0) is 4.79 Å². The molecule has 0 radical (unpaired) electrons. The van der Waals surface area contributed by atoms with E-state index in [1.54, 1.807) is 6.07 Å². The maximum atomic E-state index is 13.0. The zero-order chi connectivity index (χ0) is 14.7. The predicted octanol–water partition coefficient (Wildman–Crippen LogP) is 2.78. The molecule has 20 heavy (non-hydrogen) atoms. The Kier molecular flexibility index (Phi) is 4.60. The maximum absolute atomic E-state index is 13.0. The van der Waals surface area contributed by atoms with Crippen LogP contribution < -0.4 is 0 Å². The fraction of sp³-hybridized carbons (Fsp3) is 0.533. The van der Waals surface area contributed by atoms with Gasteiger partial charge in [-0.1, -0.05) is 6.07 Å². The zero-order valence-electron chi connectivity index (χ0n) is 11.6. The van der Waals surface area contributed by atoms with E-state index in [0.717, 1.165) is 25.6 Å². The molecular weight excluding hydrogens is 261 g/mol. The molecule has 0 saturated carbocycles. The molecule has 0 bridgehead atoms. The number of hydrogen-bond donors (Lipinski definition) is 2. The summed E-state index contributed by atoms with van der Waals surface area (Å²) in [7, 11) is 0. The Balaban J connectivity index is 1.97. The molecule has 0 aromatic heterocycles. The summed E-state index contributed by atoms with van der Waals surface area (Å²) in [4.78, 5) is 12.8. The second-order valence-corrected chi connectivity index (χ2v) is 5.46. The molecule has 110 valence electrons. The highest BCUT2D eigenvalue weighted by molar-refractivity contribution is 5.66. The average Bonchev–Trinajstić information content (AvgIpc) is 2.84. The summed E-state index contributed by atoms with van der Waals surface area (Å²) in [5.74, 6) is -0.838. The number of likely N-dealkylation sites (tertiary alicyclic amines) is 1. The number of phenolic OH excluding ortho intramolecular Hbond substituents is 1. The highest BCUT2D eigenvalue weighted by Gasteiger charge is 2.28. The Morgan fingerprint density at radius 3 is 2.95 bits per heavy atom. The van der Waals surface area contributed by atoms with Crippen LogP contribution in [0.3, 0.4) is 0 Å². The number of aromatic hydroxyl groups is 1. The lowest BCUT2D eigenvalue weighted by Crippen LogP contribution is -2.24. The van der Waals surface area contributed by atoms with Crippen molar-refractivity contribution in [3.8, 4) is 5.75 Å². The summed E-state index contributed by atoms with van der Waals surface area (Å²) < 4.78 is 13.0. The summed E-state index contributed by atoms with van der Waals surface area (Å²) in [6.07, 6.45) is 1.86. The Bertz CT molecular complexity index is 492. The van der Waals surface area contributed by atoms with Crippen molar-refractivity contribution < 1.29 is 19.4 Å². The van der Waals surface area contributed by atoms with Crippen molar-refractivity contribution in [1.29, 1.82) is 0 Å². The van der Waals surface area contributed by atoms with Gasteiger partial charge in [0, 0.05) is 30.6 Å². The van der Waals surface area contributed by atoms with Gasteiger partial charge in [-0.2, -0.15) is 0 Å². The first-order chi connectivity index (χ1) is 9.47. The summed E-state index contributed by atoms with van der Waals surface area (Å²) in [6.45, 7) is 3.68. The van der Waals surface area contributed by atoms with E-state index >= 15 is 0 Å². The standard InChI is InChI=1S/C15H20FNO3/c1-10(13-4-3-12(16)8-14(13)18)17-7-6-11(9-17)2-5-15(19)20/h3-4,8,10-11,18H,2,5-7,9H2,1H3,(H,19,20). The Morgan fingerprint density at radius 2 is 2.30 bits per heavy atom. The van der Waals surface area contributed by atoms with Crippen LogP contribution in [0.1, 0.15) is 37.8 Å². The number of aliphatic carboxylic acids is 1. The molecular formula is C15H20FNO3. The smallest absolute Gasteiger partial charge is 0.303 e. The third kappa shape index (κ3) is 3.48. The van der Waals surface area contributed by atoms with Gasteiger partial charge in [-0.15, -0.1) is 0 Å². The number of carboxylic acids is 1. The number of halogens is 1. The fourth-order valence-electron chi connectivity index (χ4n) is 2.84. The molecule has 5 heteroatoms.